The van der Waals surface area contributed by atoms with Gasteiger partial charge >= 0.3 is 11.9 Å². The number of hydrogen-bond donors (Lipinski definition) is 0. The fourth-order valence-corrected chi connectivity index (χ4v) is 3.89. The first-order valence-electron chi connectivity index (χ1n) is 8.82. The van der Waals surface area contributed by atoms with Gasteiger partial charge in [0.15, 0.2) is 0 Å². The van der Waals surface area contributed by atoms with Crippen LogP contribution < -0.4 is 9.47 Å². The molecule has 0 amide bonds. The predicted octanol–water partition coefficient (Wildman–Crippen LogP) is 3.85. The van der Waals surface area contributed by atoms with E-state index in [-0.39, 0.29) is 23.4 Å². The van der Waals surface area contributed by atoms with Crippen molar-refractivity contribution in [2.24, 2.45) is 5.92 Å². The summed E-state index contributed by atoms with van der Waals surface area (Å²) in [6.07, 6.45) is 2.72. The van der Waals surface area contributed by atoms with E-state index >= 15 is 0 Å². The van der Waals surface area contributed by atoms with Gasteiger partial charge in [-0.1, -0.05) is 36.8 Å². The zero-order chi connectivity index (χ0) is 18.1. The van der Waals surface area contributed by atoms with Crippen LogP contribution in [0.1, 0.15) is 46.7 Å². The summed E-state index contributed by atoms with van der Waals surface area (Å²) in [7, 11) is 1.31. The van der Waals surface area contributed by atoms with Crippen molar-refractivity contribution in [3.63, 3.8) is 0 Å². The molecule has 1 heterocycles. The quantitative estimate of drug-likeness (QED) is 0.618. The maximum absolute atomic E-state index is 12.3. The molecule has 1 saturated carbocycles. The van der Waals surface area contributed by atoms with Gasteiger partial charge in [0.05, 0.1) is 13.0 Å². The normalized spacial score (nSPS) is 20.7. The number of ether oxygens (including phenoxy) is 3. The molecule has 0 spiro atoms. The van der Waals surface area contributed by atoms with Crippen molar-refractivity contribution in [2.75, 3.05) is 7.11 Å². The fraction of sp³-hybridized carbons (Fsp3) is 0.333. The molecule has 2 unspecified atom stereocenters. The molecule has 5 nitrogen and oxygen atoms in total. The molecule has 1 aliphatic heterocycles. The van der Waals surface area contributed by atoms with Crippen LogP contribution in [0.3, 0.4) is 0 Å². The van der Waals surface area contributed by atoms with Gasteiger partial charge in [-0.15, -0.1) is 0 Å². The van der Waals surface area contributed by atoms with Crippen molar-refractivity contribution in [3.05, 3.63) is 59.2 Å². The molecule has 2 aliphatic rings. The summed E-state index contributed by atoms with van der Waals surface area (Å²) in [6.45, 7) is 0.397. The smallest absolute Gasteiger partial charge is 0.341 e. The van der Waals surface area contributed by atoms with E-state index in [1.165, 1.54) is 7.11 Å². The van der Waals surface area contributed by atoms with Gasteiger partial charge in [-0.05, 0) is 30.5 Å². The second-order valence-electron chi connectivity index (χ2n) is 6.72. The first-order valence-corrected chi connectivity index (χ1v) is 8.82. The molecule has 1 fully saturated rings. The molecule has 0 N–H and O–H groups in total. The zero-order valence-corrected chi connectivity index (χ0v) is 14.6. The highest BCUT2D eigenvalue weighted by molar-refractivity contribution is 5.96. The molecule has 134 valence electrons. The van der Waals surface area contributed by atoms with Gasteiger partial charge in [-0.2, -0.15) is 0 Å². The van der Waals surface area contributed by atoms with Gasteiger partial charge in [0, 0.05) is 11.5 Å². The van der Waals surface area contributed by atoms with E-state index in [1.54, 1.807) is 6.07 Å². The minimum Gasteiger partial charge on any atom is -0.489 e. The fourth-order valence-electron chi connectivity index (χ4n) is 3.89. The van der Waals surface area contributed by atoms with Crippen LogP contribution in [-0.4, -0.2) is 19.0 Å². The van der Waals surface area contributed by atoms with Gasteiger partial charge in [-0.25, -0.2) is 4.79 Å². The number of carbonyl (C=O) groups is 2. The molecule has 0 bridgehead atoms. The van der Waals surface area contributed by atoms with Crippen molar-refractivity contribution in [3.8, 4) is 11.5 Å². The maximum atomic E-state index is 12.3. The van der Waals surface area contributed by atoms with Crippen molar-refractivity contribution in [2.45, 2.75) is 31.8 Å². The standard InChI is InChI=1S/C21H20O5/c1-24-20(22)18-11-14(25-12-13-6-3-2-4-7-13)10-17-15-8-5-9-16(15)21(23)26-19(17)18/h2-4,6-7,10-11,15-16H,5,8-9,12H2,1H3. The van der Waals surface area contributed by atoms with Crippen LogP contribution in [0.4, 0.5) is 0 Å². The minimum absolute atomic E-state index is 0.0786. The SMILES string of the molecule is COC(=O)c1cc(OCc2ccccc2)cc2c1OC(=O)C1CCCC21. The molecule has 26 heavy (non-hydrogen) atoms. The lowest BCUT2D eigenvalue weighted by Gasteiger charge is -2.28. The maximum Gasteiger partial charge on any atom is 0.341 e. The highest BCUT2D eigenvalue weighted by atomic mass is 16.5. The molecule has 0 aromatic heterocycles. The molecule has 2 atom stereocenters. The number of rotatable bonds is 4. The summed E-state index contributed by atoms with van der Waals surface area (Å²) < 4.78 is 16.3. The summed E-state index contributed by atoms with van der Waals surface area (Å²) >= 11 is 0. The van der Waals surface area contributed by atoms with Crippen LogP contribution in [0.5, 0.6) is 11.5 Å². The van der Waals surface area contributed by atoms with E-state index in [0.717, 1.165) is 30.4 Å². The summed E-state index contributed by atoms with van der Waals surface area (Å²) in [5.41, 5.74) is 2.15. The highest BCUT2D eigenvalue weighted by Crippen LogP contribution is 2.49. The molecule has 0 saturated heterocycles. The Morgan fingerprint density at radius 3 is 2.69 bits per heavy atom. The van der Waals surface area contributed by atoms with Gasteiger partial charge in [0.1, 0.15) is 23.7 Å². The highest BCUT2D eigenvalue weighted by Gasteiger charge is 2.42. The second-order valence-corrected chi connectivity index (χ2v) is 6.72. The molecular formula is C21H20O5. The average molecular weight is 352 g/mol. The van der Waals surface area contributed by atoms with Crippen LogP contribution in [-0.2, 0) is 16.1 Å². The number of methoxy groups -OCH3 is 1. The number of esters is 2. The molecule has 0 radical (unpaired) electrons. The van der Waals surface area contributed by atoms with Gasteiger partial charge in [0.2, 0.25) is 0 Å². The van der Waals surface area contributed by atoms with Crippen molar-refractivity contribution in [1.29, 1.82) is 0 Å². The van der Waals surface area contributed by atoms with Gasteiger partial charge in [0.25, 0.3) is 0 Å². The van der Waals surface area contributed by atoms with E-state index in [2.05, 4.69) is 0 Å². The average Bonchev–Trinajstić information content (AvgIpc) is 3.17. The van der Waals surface area contributed by atoms with Crippen molar-refractivity contribution < 1.29 is 23.8 Å². The lowest BCUT2D eigenvalue weighted by molar-refractivity contribution is -0.140. The Morgan fingerprint density at radius 1 is 1.15 bits per heavy atom. The summed E-state index contributed by atoms with van der Waals surface area (Å²) in [5.74, 6) is 0.0831. The zero-order valence-electron chi connectivity index (χ0n) is 14.6. The third-order valence-electron chi connectivity index (χ3n) is 5.17. The Balaban J connectivity index is 1.71. The number of hydrogen-bond acceptors (Lipinski definition) is 5. The Kier molecular flexibility index (Phi) is 4.37. The number of fused-ring (bicyclic) bond motifs is 3. The van der Waals surface area contributed by atoms with E-state index in [9.17, 15) is 9.59 Å². The first kappa shape index (κ1) is 16.6. The predicted molar refractivity (Wildman–Crippen MR) is 94.3 cm³/mol. The summed E-state index contributed by atoms with van der Waals surface area (Å²) in [6, 6.07) is 13.3. The van der Waals surface area contributed by atoms with Gasteiger partial charge in [-0.3, -0.25) is 4.79 Å². The minimum atomic E-state index is -0.532. The molecule has 4 rings (SSSR count). The summed E-state index contributed by atoms with van der Waals surface area (Å²) in [5, 5.41) is 0. The molecule has 5 heteroatoms. The lowest BCUT2D eigenvalue weighted by atomic mass is 9.85. The molecule has 2 aromatic carbocycles. The Bertz CT molecular complexity index is 843. The van der Waals surface area contributed by atoms with Crippen LogP contribution in [0.25, 0.3) is 0 Å². The largest absolute Gasteiger partial charge is 0.489 e. The van der Waals surface area contributed by atoms with Crippen LogP contribution in [0, 0.1) is 5.92 Å². The van der Waals surface area contributed by atoms with Crippen molar-refractivity contribution in [1.82, 2.24) is 0 Å². The lowest BCUT2D eigenvalue weighted by Crippen LogP contribution is -2.29. The molecular weight excluding hydrogens is 332 g/mol. The van der Waals surface area contributed by atoms with Crippen LogP contribution in [0.15, 0.2) is 42.5 Å². The van der Waals surface area contributed by atoms with Gasteiger partial charge < -0.3 is 14.2 Å². The Labute approximate surface area is 151 Å². The topological polar surface area (TPSA) is 61.8 Å². The third kappa shape index (κ3) is 2.94. The monoisotopic (exact) mass is 352 g/mol. The molecule has 2 aromatic rings. The van der Waals surface area contributed by atoms with E-state index in [4.69, 9.17) is 14.2 Å². The number of benzene rings is 2. The van der Waals surface area contributed by atoms with Crippen LogP contribution >= 0.6 is 0 Å². The number of carbonyl (C=O) groups excluding carboxylic acids is 2. The second kappa shape index (κ2) is 6.83. The third-order valence-corrected chi connectivity index (χ3v) is 5.17. The van der Waals surface area contributed by atoms with E-state index < -0.39 is 5.97 Å². The molecule has 1 aliphatic carbocycles. The Hall–Kier alpha value is -2.82. The van der Waals surface area contributed by atoms with E-state index in [1.807, 2.05) is 36.4 Å². The van der Waals surface area contributed by atoms with E-state index in [0.29, 0.717) is 18.1 Å². The van der Waals surface area contributed by atoms with Crippen LogP contribution in [0.2, 0.25) is 0 Å². The Morgan fingerprint density at radius 2 is 1.92 bits per heavy atom. The summed E-state index contributed by atoms with van der Waals surface area (Å²) in [4.78, 5) is 24.5. The first-order chi connectivity index (χ1) is 12.7. The van der Waals surface area contributed by atoms with Crippen molar-refractivity contribution >= 4 is 11.9 Å².